The van der Waals surface area contributed by atoms with Crippen LogP contribution in [0.4, 0.5) is 5.69 Å². The number of nitrogens with zero attached hydrogens (tertiary/aromatic N) is 3. The number of aromatic nitrogens is 4. The van der Waals surface area contributed by atoms with Crippen LogP contribution in [-0.2, 0) is 13.0 Å². The summed E-state index contributed by atoms with van der Waals surface area (Å²) in [4.78, 5) is 20.3. The molecular weight excluding hydrogens is 302 g/mol. The maximum Gasteiger partial charge on any atom is 0.274 e. The zero-order chi connectivity index (χ0) is 14.8. The van der Waals surface area contributed by atoms with E-state index in [0.717, 1.165) is 12.1 Å². The average molecular weight is 320 g/mol. The third-order valence-corrected chi connectivity index (χ3v) is 3.33. The lowest BCUT2D eigenvalue weighted by Crippen LogP contribution is -2.14. The van der Waals surface area contributed by atoms with Gasteiger partial charge in [-0.25, -0.2) is 4.98 Å². The van der Waals surface area contributed by atoms with Crippen LogP contribution in [0.5, 0.6) is 0 Å². The summed E-state index contributed by atoms with van der Waals surface area (Å²) in [5.74, 6) is 1.07. The first-order chi connectivity index (χ1) is 10.2. The molecule has 1 aromatic carbocycles. The van der Waals surface area contributed by atoms with Crippen molar-refractivity contribution in [2.75, 3.05) is 5.32 Å². The van der Waals surface area contributed by atoms with Crippen LogP contribution in [0.25, 0.3) is 5.78 Å². The molecule has 0 aliphatic heterocycles. The van der Waals surface area contributed by atoms with Crippen molar-refractivity contribution >= 4 is 23.9 Å². The maximum absolute atomic E-state index is 11.8. The fourth-order valence-electron chi connectivity index (χ4n) is 2.16. The number of H-pyrrole nitrogens is 1. The van der Waals surface area contributed by atoms with Crippen molar-refractivity contribution in [1.82, 2.24) is 19.6 Å². The monoisotopic (exact) mass is 319 g/mol. The van der Waals surface area contributed by atoms with E-state index in [-0.39, 0.29) is 18.0 Å². The molecule has 0 bridgehead atoms. The lowest BCUT2D eigenvalue weighted by molar-refractivity contribution is 0.852. The first-order valence-electron chi connectivity index (χ1n) is 6.94. The second kappa shape index (κ2) is 6.62. The summed E-state index contributed by atoms with van der Waals surface area (Å²) in [5.41, 5.74) is 2.84. The van der Waals surface area contributed by atoms with Crippen molar-refractivity contribution in [2.24, 2.45) is 0 Å². The molecule has 0 radical (unpaired) electrons. The molecule has 0 unspecified atom stereocenters. The lowest BCUT2D eigenvalue weighted by Gasteiger charge is -2.04. The van der Waals surface area contributed by atoms with Gasteiger partial charge in [0, 0.05) is 17.4 Å². The van der Waals surface area contributed by atoms with Crippen LogP contribution >= 0.6 is 12.4 Å². The van der Waals surface area contributed by atoms with E-state index in [9.17, 15) is 4.79 Å². The van der Waals surface area contributed by atoms with Gasteiger partial charge in [0.25, 0.3) is 11.3 Å². The number of hydrogen-bond donors (Lipinski definition) is 2. The van der Waals surface area contributed by atoms with E-state index in [4.69, 9.17) is 0 Å². The van der Waals surface area contributed by atoms with Crippen LogP contribution in [0.3, 0.4) is 0 Å². The third kappa shape index (κ3) is 3.28. The molecule has 0 fully saturated rings. The zero-order valence-corrected chi connectivity index (χ0v) is 13.3. The number of benzene rings is 1. The molecule has 7 heteroatoms. The minimum Gasteiger partial charge on any atom is -0.378 e. The van der Waals surface area contributed by atoms with Gasteiger partial charge in [-0.3, -0.25) is 9.89 Å². The number of nitrogens with one attached hydrogen (secondary N) is 2. The van der Waals surface area contributed by atoms with Crippen molar-refractivity contribution in [3.63, 3.8) is 0 Å². The molecule has 0 spiro atoms. The molecule has 0 saturated heterocycles. The van der Waals surface area contributed by atoms with Gasteiger partial charge in [0.15, 0.2) is 0 Å². The van der Waals surface area contributed by atoms with Crippen LogP contribution in [-0.4, -0.2) is 19.6 Å². The van der Waals surface area contributed by atoms with E-state index in [1.54, 1.807) is 6.92 Å². The molecule has 6 nitrogen and oxygen atoms in total. The van der Waals surface area contributed by atoms with Crippen LogP contribution < -0.4 is 10.9 Å². The fraction of sp³-hybridized carbons (Fsp3) is 0.267. The summed E-state index contributed by atoms with van der Waals surface area (Å²) in [6.07, 6.45) is 1.03. The van der Waals surface area contributed by atoms with E-state index < -0.39 is 0 Å². The van der Waals surface area contributed by atoms with Gasteiger partial charge in [-0.15, -0.1) is 12.4 Å². The summed E-state index contributed by atoms with van der Waals surface area (Å²) >= 11 is 0. The van der Waals surface area contributed by atoms with Gasteiger partial charge >= 0.3 is 0 Å². The van der Waals surface area contributed by atoms with E-state index in [2.05, 4.69) is 39.4 Å². The Kier molecular flexibility index (Phi) is 4.82. The van der Waals surface area contributed by atoms with E-state index in [0.29, 0.717) is 23.8 Å². The molecule has 0 saturated carbocycles. The lowest BCUT2D eigenvalue weighted by atomic mass is 10.1. The number of fused-ring (bicyclic) bond motifs is 1. The van der Waals surface area contributed by atoms with Crippen LogP contribution in [0.2, 0.25) is 0 Å². The maximum atomic E-state index is 11.8. The minimum absolute atomic E-state index is 0. The second-order valence-corrected chi connectivity index (χ2v) is 4.95. The summed E-state index contributed by atoms with van der Waals surface area (Å²) < 4.78 is 1.35. The van der Waals surface area contributed by atoms with Gasteiger partial charge in [-0.1, -0.05) is 19.1 Å². The van der Waals surface area contributed by atoms with Gasteiger partial charge < -0.3 is 5.32 Å². The normalized spacial score (nSPS) is 10.5. The van der Waals surface area contributed by atoms with E-state index in [1.165, 1.54) is 16.1 Å². The smallest absolute Gasteiger partial charge is 0.274 e. The molecule has 116 valence electrons. The summed E-state index contributed by atoms with van der Waals surface area (Å²) in [6.45, 7) is 4.42. The van der Waals surface area contributed by atoms with Crippen molar-refractivity contribution in [1.29, 1.82) is 0 Å². The molecular formula is C15H18ClN5O. The van der Waals surface area contributed by atoms with E-state index >= 15 is 0 Å². The topological polar surface area (TPSA) is 75.1 Å². The van der Waals surface area contributed by atoms with Gasteiger partial charge in [-0.05, 0) is 31.0 Å². The molecule has 3 aromatic rings. The Labute approximate surface area is 134 Å². The highest BCUT2D eigenvalue weighted by Crippen LogP contribution is 2.10. The SMILES string of the molecule is CCc1ccc(NCc2nc3nc(C)cc(=O)n3[nH]2)cc1.Cl. The summed E-state index contributed by atoms with van der Waals surface area (Å²) in [7, 11) is 0. The Morgan fingerprint density at radius 2 is 1.95 bits per heavy atom. The minimum atomic E-state index is -0.149. The highest BCUT2D eigenvalue weighted by molar-refractivity contribution is 5.85. The van der Waals surface area contributed by atoms with Crippen molar-refractivity contribution < 1.29 is 0 Å². The Bertz CT molecular complexity index is 822. The quantitative estimate of drug-likeness (QED) is 0.774. The van der Waals surface area contributed by atoms with Crippen LogP contribution in [0.1, 0.15) is 24.0 Å². The third-order valence-electron chi connectivity index (χ3n) is 3.33. The number of aryl methyl sites for hydroxylation is 2. The highest BCUT2D eigenvalue weighted by atomic mass is 35.5. The second-order valence-electron chi connectivity index (χ2n) is 4.95. The van der Waals surface area contributed by atoms with Crippen molar-refractivity contribution in [3.8, 4) is 0 Å². The molecule has 22 heavy (non-hydrogen) atoms. The van der Waals surface area contributed by atoms with E-state index in [1.807, 2.05) is 12.1 Å². The predicted octanol–water partition coefficient (Wildman–Crippen LogP) is 2.32. The van der Waals surface area contributed by atoms with Gasteiger partial charge in [0.1, 0.15) is 5.82 Å². The molecule has 2 aromatic heterocycles. The van der Waals surface area contributed by atoms with Gasteiger partial charge in [-0.2, -0.15) is 9.50 Å². The number of aromatic amines is 1. The molecule has 2 N–H and O–H groups in total. The standard InChI is InChI=1S/C15H17N5O.ClH/c1-3-11-4-6-12(7-5-11)16-9-13-18-15-17-10(2)8-14(21)20(15)19-13;/h4-8,16H,3,9H2,1-2H3,(H,17,18,19);1H. The van der Waals surface area contributed by atoms with Gasteiger partial charge in [0.05, 0.1) is 6.54 Å². The molecule has 3 rings (SSSR count). The zero-order valence-electron chi connectivity index (χ0n) is 12.5. The molecule has 0 aliphatic rings. The first-order valence-corrected chi connectivity index (χ1v) is 6.94. The Hall–Kier alpha value is -2.34. The van der Waals surface area contributed by atoms with Crippen LogP contribution in [0, 0.1) is 6.92 Å². The average Bonchev–Trinajstić information content (AvgIpc) is 2.89. The largest absolute Gasteiger partial charge is 0.378 e. The number of rotatable bonds is 4. The molecule has 0 aliphatic carbocycles. The van der Waals surface area contributed by atoms with Gasteiger partial charge in [0.2, 0.25) is 0 Å². The Morgan fingerprint density at radius 1 is 1.23 bits per heavy atom. The number of halogens is 1. The van der Waals surface area contributed by atoms with Crippen molar-refractivity contribution in [3.05, 3.63) is 57.8 Å². The molecule has 0 amide bonds. The molecule has 0 atom stereocenters. The highest BCUT2D eigenvalue weighted by Gasteiger charge is 2.06. The van der Waals surface area contributed by atoms with Crippen LogP contribution in [0.15, 0.2) is 35.1 Å². The first kappa shape index (κ1) is 16.0. The predicted molar refractivity (Wildman–Crippen MR) is 88.7 cm³/mol. The summed E-state index contributed by atoms with van der Waals surface area (Å²) in [6, 6.07) is 9.74. The number of hydrogen-bond acceptors (Lipinski definition) is 4. The Balaban J connectivity index is 0.00000176. The Morgan fingerprint density at radius 3 is 2.64 bits per heavy atom. The summed E-state index contributed by atoms with van der Waals surface area (Å²) in [5, 5.41) is 6.22. The van der Waals surface area contributed by atoms with Crippen molar-refractivity contribution in [2.45, 2.75) is 26.8 Å². The number of anilines is 1. The molecule has 2 heterocycles. The fourth-order valence-corrected chi connectivity index (χ4v) is 2.16.